The van der Waals surface area contributed by atoms with Gasteiger partial charge in [-0.05, 0) is 70.6 Å². The van der Waals surface area contributed by atoms with Crippen molar-refractivity contribution in [3.63, 3.8) is 0 Å². The van der Waals surface area contributed by atoms with Crippen LogP contribution in [0.1, 0.15) is 52.1 Å². The Morgan fingerprint density at radius 3 is 2.61 bits per heavy atom. The van der Waals surface area contributed by atoms with Gasteiger partial charge in [0.1, 0.15) is 11.6 Å². The summed E-state index contributed by atoms with van der Waals surface area (Å²) in [4.78, 5) is 22.3. The first kappa shape index (κ1) is 29.2. The van der Waals surface area contributed by atoms with Crippen LogP contribution in [0, 0.1) is 11.8 Å². The van der Waals surface area contributed by atoms with Crippen LogP contribution < -0.4 is 5.32 Å². The summed E-state index contributed by atoms with van der Waals surface area (Å²) < 4.78 is 32.2. The molecule has 0 unspecified atom stereocenters. The van der Waals surface area contributed by atoms with Crippen LogP contribution in [0.4, 0.5) is 5.82 Å². The Bertz CT molecular complexity index is 1250. The first-order valence-corrected chi connectivity index (χ1v) is 15.5. The molecule has 4 rings (SSSR count). The number of hydrogen-bond acceptors (Lipinski definition) is 7. The molecule has 0 amide bonds. The summed E-state index contributed by atoms with van der Waals surface area (Å²) in [6.45, 7) is 7.69. The maximum atomic E-state index is 13.2. The van der Waals surface area contributed by atoms with Gasteiger partial charge in [0.05, 0.1) is 21.0 Å². The number of anilines is 1. The lowest BCUT2D eigenvalue weighted by Gasteiger charge is -2.32. The van der Waals surface area contributed by atoms with Crippen molar-refractivity contribution in [3.05, 3.63) is 40.1 Å². The fraction of sp³-hybridized carbons (Fsp3) is 0.593. The Labute approximate surface area is 235 Å². The normalized spacial score (nSPS) is 20.4. The molecule has 4 heterocycles. The number of carbonyl (C=O) groups excluding carboxylic acids is 1. The summed E-state index contributed by atoms with van der Waals surface area (Å²) in [7, 11) is -3.40. The first-order chi connectivity index (χ1) is 18.1. The number of carbonyl (C=O) groups is 1. The molecule has 0 radical (unpaired) electrons. The molecule has 8 nitrogen and oxygen atoms in total. The van der Waals surface area contributed by atoms with E-state index in [-0.39, 0.29) is 30.7 Å². The molecule has 0 aromatic carbocycles. The average molecular weight is 584 g/mol. The minimum Gasteiger partial charge on any atom is -0.381 e. The number of hydrogen-bond donors (Lipinski definition) is 1. The van der Waals surface area contributed by atoms with E-state index in [0.717, 1.165) is 26.1 Å². The van der Waals surface area contributed by atoms with E-state index in [1.54, 1.807) is 26.0 Å². The van der Waals surface area contributed by atoms with Gasteiger partial charge in [-0.1, -0.05) is 23.2 Å². The van der Waals surface area contributed by atoms with Crippen LogP contribution >= 0.6 is 23.2 Å². The van der Waals surface area contributed by atoms with Crippen molar-refractivity contribution in [2.24, 2.45) is 11.8 Å². The Hall–Kier alpha value is -1.78. The first-order valence-electron chi connectivity index (χ1n) is 13.2. The summed E-state index contributed by atoms with van der Waals surface area (Å²) in [5.74, 6) is 0.800. The minimum atomic E-state index is -3.40. The zero-order valence-corrected chi connectivity index (χ0v) is 24.4. The number of nitrogens with one attached hydrogen (secondary N) is 1. The molecule has 2 saturated heterocycles. The van der Waals surface area contributed by atoms with Crippen LogP contribution in [0.25, 0.3) is 11.3 Å². The van der Waals surface area contributed by atoms with Gasteiger partial charge in [-0.25, -0.2) is 17.7 Å². The molecule has 0 saturated carbocycles. The quantitative estimate of drug-likeness (QED) is 0.431. The number of ether oxygens (including phenoxy) is 1. The topological polar surface area (TPSA) is 101 Å². The van der Waals surface area contributed by atoms with Gasteiger partial charge in [0.25, 0.3) is 0 Å². The zero-order valence-electron chi connectivity index (χ0n) is 22.1. The molecule has 1 N–H and O–H groups in total. The number of rotatable bonds is 9. The smallest absolute Gasteiger partial charge is 0.216 e. The second kappa shape index (κ2) is 12.6. The maximum Gasteiger partial charge on any atom is 0.216 e. The highest BCUT2D eigenvalue weighted by molar-refractivity contribution is 7.89. The number of sulfonamides is 1. The van der Waals surface area contributed by atoms with Gasteiger partial charge < -0.3 is 10.1 Å². The molecule has 11 heteroatoms. The summed E-state index contributed by atoms with van der Waals surface area (Å²) >= 11 is 13.0. The molecule has 2 aliphatic rings. The molecular formula is C27H36Cl2N4O4S. The van der Waals surface area contributed by atoms with Crippen molar-refractivity contribution in [1.29, 1.82) is 0 Å². The van der Waals surface area contributed by atoms with Gasteiger partial charge in [0, 0.05) is 62.1 Å². The third-order valence-corrected chi connectivity index (χ3v) is 10.4. The summed E-state index contributed by atoms with van der Waals surface area (Å²) in [6, 6.07) is 5.61. The third kappa shape index (κ3) is 6.86. The molecule has 0 bridgehead atoms. The Morgan fingerprint density at radius 1 is 1.16 bits per heavy atom. The Kier molecular flexibility index (Phi) is 9.68. The van der Waals surface area contributed by atoms with Crippen molar-refractivity contribution in [3.8, 4) is 11.3 Å². The summed E-state index contributed by atoms with van der Waals surface area (Å²) in [5, 5.41) is 3.81. The van der Waals surface area contributed by atoms with E-state index in [1.165, 1.54) is 10.5 Å². The monoisotopic (exact) mass is 582 g/mol. The molecule has 0 spiro atoms. The zero-order chi connectivity index (χ0) is 27.4. The number of nitrogens with zero attached hydrogens (tertiary/aromatic N) is 3. The van der Waals surface area contributed by atoms with Crippen molar-refractivity contribution in [1.82, 2.24) is 14.3 Å². The minimum absolute atomic E-state index is 0.0332. The number of halogens is 2. The lowest BCUT2D eigenvalue weighted by atomic mass is 9.92. The van der Waals surface area contributed by atoms with E-state index in [0.29, 0.717) is 58.1 Å². The van der Waals surface area contributed by atoms with Gasteiger partial charge in [-0.2, -0.15) is 0 Å². The molecule has 2 aromatic heterocycles. The van der Waals surface area contributed by atoms with E-state index in [2.05, 4.69) is 17.2 Å². The van der Waals surface area contributed by atoms with E-state index >= 15 is 0 Å². The fourth-order valence-electron chi connectivity index (χ4n) is 5.10. The van der Waals surface area contributed by atoms with Gasteiger partial charge >= 0.3 is 0 Å². The van der Waals surface area contributed by atoms with Gasteiger partial charge in [0.15, 0.2) is 0 Å². The standard InChI is InChI=1S/C27H36Cl2N4O4S/c1-17(2)38(35,36)33-10-4-5-20(16-33)25(34)14-21-13-22(24(29)15-30-21)27-23(28)6-7-26(32-27)31-18(3)19-8-11-37-12-9-19/h6-7,13,15,17-20H,4-5,8-12,14,16H2,1-3H3,(H,31,32)/t18-,20-/m0/s1. The lowest BCUT2D eigenvalue weighted by Crippen LogP contribution is -2.45. The predicted molar refractivity (Wildman–Crippen MR) is 151 cm³/mol. The van der Waals surface area contributed by atoms with Gasteiger partial charge in [-0.15, -0.1) is 0 Å². The molecule has 2 aromatic rings. The molecule has 2 aliphatic heterocycles. The van der Waals surface area contributed by atoms with Crippen molar-refractivity contribution in [2.75, 3.05) is 31.6 Å². The van der Waals surface area contributed by atoms with E-state index in [1.807, 2.05) is 6.07 Å². The van der Waals surface area contributed by atoms with Gasteiger partial charge in [-0.3, -0.25) is 9.78 Å². The highest BCUT2D eigenvalue weighted by atomic mass is 35.5. The van der Waals surface area contributed by atoms with Crippen LogP contribution in [0.2, 0.25) is 10.0 Å². The summed E-state index contributed by atoms with van der Waals surface area (Å²) in [6.07, 6.45) is 4.93. The number of pyridine rings is 2. The van der Waals surface area contributed by atoms with Crippen molar-refractivity contribution in [2.45, 2.75) is 64.2 Å². The SMILES string of the molecule is CC(C)S(=O)(=O)N1CCC[C@H](C(=O)Cc2cc(-c3nc(N[C@@H](C)C4CCOCC4)ccc3Cl)c(Cl)cn2)C1. The number of piperidine rings is 1. The molecule has 208 valence electrons. The second-order valence-electron chi connectivity index (χ2n) is 10.5. The fourth-order valence-corrected chi connectivity index (χ4v) is 6.86. The molecule has 0 aliphatic carbocycles. The van der Waals surface area contributed by atoms with Crippen LogP contribution in [-0.4, -0.2) is 66.1 Å². The van der Waals surface area contributed by atoms with Crippen molar-refractivity contribution >= 4 is 44.8 Å². The van der Waals surface area contributed by atoms with Crippen molar-refractivity contribution < 1.29 is 17.9 Å². The van der Waals surface area contributed by atoms with Crippen LogP contribution in [0.5, 0.6) is 0 Å². The third-order valence-electron chi connectivity index (χ3n) is 7.51. The predicted octanol–water partition coefficient (Wildman–Crippen LogP) is 5.24. The highest BCUT2D eigenvalue weighted by Gasteiger charge is 2.34. The Balaban J connectivity index is 1.50. The van der Waals surface area contributed by atoms with E-state index in [4.69, 9.17) is 32.9 Å². The number of Topliss-reactive ketones (excluding diaryl/α,β-unsaturated/α-hetero) is 1. The average Bonchev–Trinajstić information content (AvgIpc) is 2.91. The van der Waals surface area contributed by atoms with Crippen LogP contribution in [0.3, 0.4) is 0 Å². The van der Waals surface area contributed by atoms with E-state index in [9.17, 15) is 13.2 Å². The molecular weight excluding hydrogens is 547 g/mol. The Morgan fingerprint density at radius 2 is 1.89 bits per heavy atom. The number of aromatic nitrogens is 2. The van der Waals surface area contributed by atoms with Crippen LogP contribution in [-0.2, 0) is 26.0 Å². The van der Waals surface area contributed by atoms with Gasteiger partial charge in [0.2, 0.25) is 10.0 Å². The molecule has 38 heavy (non-hydrogen) atoms. The maximum absolute atomic E-state index is 13.2. The largest absolute Gasteiger partial charge is 0.381 e. The van der Waals surface area contributed by atoms with E-state index < -0.39 is 15.3 Å². The lowest BCUT2D eigenvalue weighted by molar-refractivity contribution is -0.123. The number of ketones is 1. The highest BCUT2D eigenvalue weighted by Crippen LogP contribution is 2.34. The second-order valence-corrected chi connectivity index (χ2v) is 13.8. The molecule has 2 atom stereocenters. The summed E-state index contributed by atoms with van der Waals surface area (Å²) in [5.41, 5.74) is 1.67. The molecule has 2 fully saturated rings. The van der Waals surface area contributed by atoms with Crippen LogP contribution in [0.15, 0.2) is 24.4 Å².